The molecule has 1 N–H and O–H groups in total. The van der Waals surface area contributed by atoms with Crippen LogP contribution >= 0.6 is 0 Å². The highest BCUT2D eigenvalue weighted by atomic mass is 16.3. The van der Waals surface area contributed by atoms with Gasteiger partial charge in [0.2, 0.25) is 5.91 Å². The van der Waals surface area contributed by atoms with Gasteiger partial charge in [-0.05, 0) is 36.9 Å². The van der Waals surface area contributed by atoms with Crippen molar-refractivity contribution < 1.29 is 9.21 Å². The molecule has 0 aliphatic carbocycles. The quantitative estimate of drug-likeness (QED) is 0.851. The lowest BCUT2D eigenvalue weighted by Crippen LogP contribution is -2.34. The highest BCUT2D eigenvalue weighted by Gasteiger charge is 2.08. The van der Waals surface area contributed by atoms with Crippen LogP contribution in [0.1, 0.15) is 11.3 Å². The van der Waals surface area contributed by atoms with E-state index in [1.54, 1.807) is 6.26 Å². The van der Waals surface area contributed by atoms with Crippen molar-refractivity contribution in [1.29, 1.82) is 0 Å². The summed E-state index contributed by atoms with van der Waals surface area (Å²) in [4.78, 5) is 15.9. The summed E-state index contributed by atoms with van der Waals surface area (Å²) >= 11 is 0. The average Bonchev–Trinajstić information content (AvgIpc) is 2.98. The van der Waals surface area contributed by atoms with Gasteiger partial charge in [0.05, 0.1) is 19.4 Å². The Morgan fingerprint density at radius 1 is 1.14 bits per heavy atom. The van der Waals surface area contributed by atoms with Gasteiger partial charge in [-0.2, -0.15) is 0 Å². The van der Waals surface area contributed by atoms with E-state index >= 15 is 0 Å². The van der Waals surface area contributed by atoms with Gasteiger partial charge in [-0.1, -0.05) is 12.1 Å². The number of hydrogen-bond donors (Lipinski definition) is 1. The van der Waals surface area contributed by atoms with Crippen LogP contribution in [0.25, 0.3) is 0 Å². The largest absolute Gasteiger partial charge is 0.468 e. The molecule has 0 aliphatic rings. The molecule has 0 unspecified atom stereocenters. The lowest BCUT2D eigenvalue weighted by molar-refractivity contribution is -0.122. The van der Waals surface area contributed by atoms with Crippen LogP contribution in [-0.2, 0) is 17.9 Å². The van der Waals surface area contributed by atoms with E-state index in [-0.39, 0.29) is 5.91 Å². The lowest BCUT2D eigenvalue weighted by Gasteiger charge is -2.15. The molecule has 1 heterocycles. The van der Waals surface area contributed by atoms with Gasteiger partial charge in [0.25, 0.3) is 0 Å². The summed E-state index contributed by atoms with van der Waals surface area (Å²) in [6, 6.07) is 11.9. The van der Waals surface area contributed by atoms with Gasteiger partial charge >= 0.3 is 0 Å². The van der Waals surface area contributed by atoms with E-state index in [9.17, 15) is 4.79 Å². The second kappa shape index (κ2) is 7.66. The molecule has 0 saturated carbocycles. The first-order valence-electron chi connectivity index (χ1n) is 7.28. The second-order valence-electron chi connectivity index (χ2n) is 5.59. The van der Waals surface area contributed by atoms with Crippen molar-refractivity contribution >= 4 is 11.6 Å². The molecular formula is C17H23N3O2. The van der Waals surface area contributed by atoms with Crippen molar-refractivity contribution in [2.24, 2.45) is 0 Å². The monoisotopic (exact) mass is 301 g/mol. The van der Waals surface area contributed by atoms with Gasteiger partial charge in [0.15, 0.2) is 0 Å². The zero-order chi connectivity index (χ0) is 15.9. The van der Waals surface area contributed by atoms with Crippen LogP contribution in [0.5, 0.6) is 0 Å². The van der Waals surface area contributed by atoms with Crippen molar-refractivity contribution in [3.63, 3.8) is 0 Å². The number of benzene rings is 1. The molecular weight excluding hydrogens is 278 g/mol. The van der Waals surface area contributed by atoms with E-state index in [0.29, 0.717) is 19.6 Å². The van der Waals surface area contributed by atoms with Crippen LogP contribution in [0.2, 0.25) is 0 Å². The first-order valence-corrected chi connectivity index (χ1v) is 7.28. The number of likely N-dealkylation sites (N-methyl/N-ethyl adjacent to an activating group) is 1. The minimum absolute atomic E-state index is 0.00532. The predicted molar refractivity (Wildman–Crippen MR) is 87.7 cm³/mol. The van der Waals surface area contributed by atoms with Crippen LogP contribution in [0.4, 0.5) is 5.69 Å². The number of carbonyl (C=O) groups excluding carboxylic acids is 1. The van der Waals surface area contributed by atoms with E-state index in [1.165, 1.54) is 0 Å². The smallest absolute Gasteiger partial charge is 0.234 e. The summed E-state index contributed by atoms with van der Waals surface area (Å²) in [6.45, 7) is 1.51. The molecule has 118 valence electrons. The number of amides is 1. The summed E-state index contributed by atoms with van der Waals surface area (Å²) in [6.07, 6.45) is 1.64. The van der Waals surface area contributed by atoms with Gasteiger partial charge in [0, 0.05) is 26.3 Å². The maximum atomic E-state index is 11.9. The van der Waals surface area contributed by atoms with Gasteiger partial charge < -0.3 is 14.6 Å². The Kier molecular flexibility index (Phi) is 5.61. The Morgan fingerprint density at radius 2 is 1.86 bits per heavy atom. The van der Waals surface area contributed by atoms with E-state index < -0.39 is 0 Å². The zero-order valence-corrected chi connectivity index (χ0v) is 13.4. The molecule has 5 nitrogen and oxygen atoms in total. The summed E-state index contributed by atoms with van der Waals surface area (Å²) in [7, 11) is 5.91. The van der Waals surface area contributed by atoms with Crippen LogP contribution in [-0.4, -0.2) is 38.5 Å². The third-order valence-corrected chi connectivity index (χ3v) is 3.36. The Hall–Kier alpha value is -2.27. The first-order chi connectivity index (χ1) is 10.5. The molecule has 0 aliphatic heterocycles. The lowest BCUT2D eigenvalue weighted by atomic mass is 10.2. The molecule has 22 heavy (non-hydrogen) atoms. The van der Waals surface area contributed by atoms with Crippen molar-refractivity contribution in [3.05, 3.63) is 54.0 Å². The van der Waals surface area contributed by atoms with Crippen molar-refractivity contribution in [2.45, 2.75) is 13.1 Å². The number of furan rings is 1. The molecule has 5 heteroatoms. The van der Waals surface area contributed by atoms with Gasteiger partial charge in [-0.25, -0.2) is 0 Å². The number of hydrogen-bond acceptors (Lipinski definition) is 4. The molecule has 1 aromatic carbocycles. The molecule has 0 atom stereocenters. The van der Waals surface area contributed by atoms with Crippen molar-refractivity contribution in [1.82, 2.24) is 10.2 Å². The van der Waals surface area contributed by atoms with Crippen LogP contribution < -0.4 is 10.2 Å². The van der Waals surface area contributed by atoms with Crippen LogP contribution in [0.15, 0.2) is 47.1 Å². The Morgan fingerprint density at radius 3 is 2.45 bits per heavy atom. The summed E-state index contributed by atoms with van der Waals surface area (Å²) < 4.78 is 5.27. The second-order valence-corrected chi connectivity index (χ2v) is 5.59. The fraction of sp³-hybridized carbons (Fsp3) is 0.353. The summed E-state index contributed by atoms with van der Waals surface area (Å²) in [5, 5.41) is 2.93. The number of anilines is 1. The Bertz CT molecular complexity index is 576. The molecule has 1 amide bonds. The van der Waals surface area contributed by atoms with Crippen molar-refractivity contribution in [2.75, 3.05) is 32.6 Å². The number of carbonyl (C=O) groups is 1. The highest BCUT2D eigenvalue weighted by molar-refractivity contribution is 5.77. The summed E-state index contributed by atoms with van der Waals surface area (Å²) in [5.41, 5.74) is 2.24. The number of nitrogens with one attached hydrogen (secondary N) is 1. The summed E-state index contributed by atoms with van der Waals surface area (Å²) in [5.74, 6) is 0.861. The van der Waals surface area contributed by atoms with Gasteiger partial charge in [-0.3, -0.25) is 9.69 Å². The number of nitrogens with zero attached hydrogens (tertiary/aromatic N) is 2. The van der Waals surface area contributed by atoms with E-state index in [4.69, 9.17) is 4.42 Å². The normalized spacial score (nSPS) is 10.7. The van der Waals surface area contributed by atoms with Crippen LogP contribution in [0, 0.1) is 0 Å². The number of rotatable bonds is 7. The SMILES string of the molecule is CN(CC(=O)NCc1ccc(N(C)C)cc1)Cc1ccco1. The first kappa shape index (κ1) is 16.1. The van der Waals surface area contributed by atoms with Crippen LogP contribution in [0.3, 0.4) is 0 Å². The minimum atomic E-state index is 0.00532. The fourth-order valence-corrected chi connectivity index (χ4v) is 2.14. The zero-order valence-electron chi connectivity index (χ0n) is 13.4. The molecule has 0 spiro atoms. The van der Waals surface area contributed by atoms with E-state index in [1.807, 2.05) is 67.3 Å². The maximum Gasteiger partial charge on any atom is 0.234 e. The average molecular weight is 301 g/mol. The van der Waals surface area contributed by atoms with Gasteiger partial charge in [-0.15, -0.1) is 0 Å². The third-order valence-electron chi connectivity index (χ3n) is 3.36. The standard InChI is InChI=1S/C17H23N3O2/c1-19(2)15-8-6-14(7-9-15)11-18-17(21)13-20(3)12-16-5-4-10-22-16/h4-10H,11-13H2,1-3H3,(H,18,21). The Balaban J connectivity index is 1.75. The molecule has 0 saturated heterocycles. The predicted octanol–water partition coefficient (Wildman–Crippen LogP) is 2.09. The van der Waals surface area contributed by atoms with E-state index in [0.717, 1.165) is 17.0 Å². The molecule has 0 bridgehead atoms. The molecule has 1 aromatic heterocycles. The van der Waals surface area contributed by atoms with Crippen molar-refractivity contribution in [3.8, 4) is 0 Å². The molecule has 0 fully saturated rings. The minimum Gasteiger partial charge on any atom is -0.468 e. The molecule has 2 rings (SSSR count). The Labute approximate surface area is 131 Å². The topological polar surface area (TPSA) is 48.7 Å². The molecule has 2 aromatic rings. The highest BCUT2D eigenvalue weighted by Crippen LogP contribution is 2.12. The third kappa shape index (κ3) is 4.93. The van der Waals surface area contributed by atoms with Gasteiger partial charge in [0.1, 0.15) is 5.76 Å². The fourth-order valence-electron chi connectivity index (χ4n) is 2.14. The molecule has 0 radical (unpaired) electrons. The maximum absolute atomic E-state index is 11.9. The van der Waals surface area contributed by atoms with E-state index in [2.05, 4.69) is 5.32 Å².